The normalized spacial score (nSPS) is 15.8. The van der Waals surface area contributed by atoms with E-state index in [0.717, 1.165) is 0 Å². The summed E-state index contributed by atoms with van der Waals surface area (Å²) in [5.41, 5.74) is 4.00. The number of aliphatic hydroxyl groups excluding tert-OH is 1. The van der Waals surface area contributed by atoms with E-state index in [1.54, 1.807) is 0 Å². The van der Waals surface area contributed by atoms with Gasteiger partial charge in [0, 0.05) is 5.56 Å². The molecule has 0 spiro atoms. The van der Waals surface area contributed by atoms with Crippen LogP contribution < -0.4 is 5.73 Å². The van der Waals surface area contributed by atoms with Crippen molar-refractivity contribution < 1.29 is 31.4 Å². The highest BCUT2D eigenvalue weighted by Gasteiger charge is 2.43. The lowest BCUT2D eigenvalue weighted by Gasteiger charge is -2.22. The van der Waals surface area contributed by atoms with Gasteiger partial charge in [-0.2, -0.15) is 13.2 Å². The number of nitrogens with two attached hydrogens (primary N) is 1. The van der Waals surface area contributed by atoms with Gasteiger partial charge in [0.25, 0.3) is 0 Å². The zero-order valence-corrected chi connectivity index (χ0v) is 8.10. The van der Waals surface area contributed by atoms with Crippen LogP contribution in [0.15, 0.2) is 12.1 Å². The highest BCUT2D eigenvalue weighted by atomic mass is 19.4. The molecule has 0 fully saturated rings. The lowest BCUT2D eigenvalue weighted by atomic mass is 10.0. The van der Waals surface area contributed by atoms with E-state index in [4.69, 9.17) is 10.8 Å². The molecule has 0 aliphatic heterocycles. The Morgan fingerprint density at radius 2 is 1.59 bits per heavy atom. The van der Waals surface area contributed by atoms with Crippen LogP contribution in [0, 0.1) is 17.5 Å². The molecular formula is C9H7F6NO. The molecule has 2 atom stereocenters. The maximum absolute atomic E-state index is 13.1. The quantitative estimate of drug-likeness (QED) is 0.630. The number of hydrogen-bond donors (Lipinski definition) is 2. The zero-order chi connectivity index (χ0) is 13.4. The second-order valence-electron chi connectivity index (χ2n) is 3.28. The molecule has 8 heteroatoms. The number of halogens is 6. The molecule has 1 rings (SSSR count). The smallest absolute Gasteiger partial charge is 0.382 e. The second-order valence-corrected chi connectivity index (χ2v) is 3.28. The van der Waals surface area contributed by atoms with Crippen molar-refractivity contribution in [3.63, 3.8) is 0 Å². The van der Waals surface area contributed by atoms with Crippen LogP contribution in [0.3, 0.4) is 0 Å². The number of aliphatic hydroxyl groups is 1. The van der Waals surface area contributed by atoms with E-state index in [1.807, 2.05) is 0 Å². The maximum Gasteiger partial charge on any atom is 0.416 e. The Bertz CT molecular complexity index is 419. The fourth-order valence-corrected chi connectivity index (χ4v) is 1.17. The molecule has 0 bridgehead atoms. The number of rotatable bonds is 2. The van der Waals surface area contributed by atoms with Crippen molar-refractivity contribution in [2.24, 2.45) is 5.73 Å². The number of alkyl halides is 3. The highest BCUT2D eigenvalue weighted by Crippen LogP contribution is 2.30. The molecule has 0 saturated heterocycles. The summed E-state index contributed by atoms with van der Waals surface area (Å²) in [5.74, 6) is -5.34. The molecule has 0 aliphatic rings. The van der Waals surface area contributed by atoms with Gasteiger partial charge in [0.15, 0.2) is 23.6 Å². The van der Waals surface area contributed by atoms with Gasteiger partial charge in [0.2, 0.25) is 0 Å². The molecule has 0 aromatic heterocycles. The monoisotopic (exact) mass is 259 g/mol. The van der Waals surface area contributed by atoms with Gasteiger partial charge in [-0.15, -0.1) is 0 Å². The molecular weight excluding hydrogens is 252 g/mol. The van der Waals surface area contributed by atoms with Crippen LogP contribution in [0.4, 0.5) is 26.3 Å². The van der Waals surface area contributed by atoms with E-state index in [9.17, 15) is 26.3 Å². The maximum atomic E-state index is 13.1. The Kier molecular flexibility index (Phi) is 3.68. The average molecular weight is 259 g/mol. The third kappa shape index (κ3) is 2.70. The predicted octanol–water partition coefficient (Wildman–Crippen LogP) is 2.03. The van der Waals surface area contributed by atoms with Crippen LogP contribution in [0.5, 0.6) is 0 Å². The van der Waals surface area contributed by atoms with Gasteiger partial charge >= 0.3 is 6.18 Å². The van der Waals surface area contributed by atoms with Crippen molar-refractivity contribution >= 4 is 0 Å². The molecule has 17 heavy (non-hydrogen) atoms. The molecule has 1 aromatic rings. The van der Waals surface area contributed by atoms with E-state index in [1.165, 1.54) is 0 Å². The minimum absolute atomic E-state index is 0.427. The zero-order valence-electron chi connectivity index (χ0n) is 8.10. The van der Waals surface area contributed by atoms with Crippen molar-refractivity contribution in [2.45, 2.75) is 18.3 Å². The van der Waals surface area contributed by atoms with Gasteiger partial charge in [-0.25, -0.2) is 13.2 Å². The minimum atomic E-state index is -5.09. The van der Waals surface area contributed by atoms with Gasteiger partial charge in [-0.3, -0.25) is 0 Å². The minimum Gasteiger partial charge on any atom is -0.382 e. The van der Waals surface area contributed by atoms with Crippen molar-refractivity contribution in [3.05, 3.63) is 35.1 Å². The summed E-state index contributed by atoms with van der Waals surface area (Å²) < 4.78 is 74.6. The fourth-order valence-electron chi connectivity index (χ4n) is 1.17. The Balaban J connectivity index is 3.14. The Morgan fingerprint density at radius 3 is 2.06 bits per heavy atom. The van der Waals surface area contributed by atoms with Crippen LogP contribution in [-0.2, 0) is 0 Å². The summed E-state index contributed by atoms with van der Waals surface area (Å²) in [5, 5.41) is 8.76. The summed E-state index contributed by atoms with van der Waals surface area (Å²) in [6.07, 6.45) is -8.15. The molecule has 0 heterocycles. The third-order valence-corrected chi connectivity index (χ3v) is 2.10. The van der Waals surface area contributed by atoms with E-state index in [2.05, 4.69) is 0 Å². The first kappa shape index (κ1) is 13.8. The SMILES string of the molecule is N[C@H](c1ccc(F)c(F)c1F)[C@@H](O)C(F)(F)F. The Labute approximate surface area is 91.7 Å². The molecule has 0 amide bonds. The van der Waals surface area contributed by atoms with E-state index >= 15 is 0 Å². The first-order chi connectivity index (χ1) is 7.66. The van der Waals surface area contributed by atoms with E-state index < -0.39 is 41.3 Å². The van der Waals surface area contributed by atoms with Gasteiger partial charge in [-0.1, -0.05) is 6.07 Å². The molecule has 0 radical (unpaired) electrons. The Hall–Kier alpha value is -1.28. The number of benzene rings is 1. The van der Waals surface area contributed by atoms with Crippen molar-refractivity contribution in [1.29, 1.82) is 0 Å². The summed E-state index contributed by atoms with van der Waals surface area (Å²) in [6.45, 7) is 0. The van der Waals surface area contributed by atoms with Crippen LogP contribution in [0.2, 0.25) is 0 Å². The van der Waals surface area contributed by atoms with E-state index in [-0.39, 0.29) is 0 Å². The van der Waals surface area contributed by atoms with Crippen LogP contribution in [-0.4, -0.2) is 17.4 Å². The molecule has 0 saturated carbocycles. The highest BCUT2D eigenvalue weighted by molar-refractivity contribution is 5.24. The largest absolute Gasteiger partial charge is 0.416 e. The van der Waals surface area contributed by atoms with Crippen molar-refractivity contribution in [3.8, 4) is 0 Å². The summed E-state index contributed by atoms with van der Waals surface area (Å²) in [4.78, 5) is 0. The van der Waals surface area contributed by atoms with Crippen molar-refractivity contribution in [2.75, 3.05) is 0 Å². The predicted molar refractivity (Wildman–Crippen MR) is 45.3 cm³/mol. The van der Waals surface area contributed by atoms with Gasteiger partial charge in [0.1, 0.15) is 0 Å². The number of hydrogen-bond acceptors (Lipinski definition) is 2. The standard InChI is InChI=1S/C9H7F6NO/c10-4-2-1-3(5(11)6(4)12)7(16)8(17)9(13,14)15/h1-2,7-8,17H,16H2/t7-,8-/m1/s1. The topological polar surface area (TPSA) is 46.2 Å². The average Bonchev–Trinajstić information content (AvgIpc) is 2.23. The van der Waals surface area contributed by atoms with E-state index in [0.29, 0.717) is 12.1 Å². The molecule has 0 unspecified atom stereocenters. The van der Waals surface area contributed by atoms with Gasteiger partial charge in [0.05, 0.1) is 6.04 Å². The lowest BCUT2D eigenvalue weighted by molar-refractivity contribution is -0.210. The van der Waals surface area contributed by atoms with Crippen molar-refractivity contribution in [1.82, 2.24) is 0 Å². The fraction of sp³-hybridized carbons (Fsp3) is 0.333. The molecule has 1 aromatic carbocycles. The Morgan fingerprint density at radius 1 is 1.06 bits per heavy atom. The van der Waals surface area contributed by atoms with Crippen LogP contribution >= 0.6 is 0 Å². The van der Waals surface area contributed by atoms with Crippen LogP contribution in [0.25, 0.3) is 0 Å². The first-order valence-corrected chi connectivity index (χ1v) is 4.30. The first-order valence-electron chi connectivity index (χ1n) is 4.30. The second kappa shape index (κ2) is 4.53. The van der Waals surface area contributed by atoms with Gasteiger partial charge < -0.3 is 10.8 Å². The molecule has 0 aliphatic carbocycles. The molecule has 2 nitrogen and oxygen atoms in total. The summed E-state index contributed by atoms with van der Waals surface area (Å²) in [6, 6.07) is -1.26. The molecule has 96 valence electrons. The summed E-state index contributed by atoms with van der Waals surface area (Å²) >= 11 is 0. The lowest BCUT2D eigenvalue weighted by Crippen LogP contribution is -2.39. The van der Waals surface area contributed by atoms with Gasteiger partial charge in [-0.05, 0) is 6.07 Å². The third-order valence-electron chi connectivity index (χ3n) is 2.10. The van der Waals surface area contributed by atoms with Crippen LogP contribution in [0.1, 0.15) is 11.6 Å². The molecule has 3 N–H and O–H groups in total. The summed E-state index contributed by atoms with van der Waals surface area (Å²) in [7, 11) is 0.